The van der Waals surface area contributed by atoms with Gasteiger partial charge < -0.3 is 20.5 Å². The van der Waals surface area contributed by atoms with E-state index in [0.717, 1.165) is 25.7 Å². The topological polar surface area (TPSA) is 129 Å². The highest BCUT2D eigenvalue weighted by molar-refractivity contribution is 6.40. The van der Waals surface area contributed by atoms with E-state index in [-0.39, 0.29) is 29.1 Å². The van der Waals surface area contributed by atoms with Crippen molar-refractivity contribution >= 4 is 29.6 Å². The first-order chi connectivity index (χ1) is 15.5. The van der Waals surface area contributed by atoms with Gasteiger partial charge in [-0.2, -0.15) is 5.10 Å². The summed E-state index contributed by atoms with van der Waals surface area (Å²) in [7, 11) is 1.41. The molecule has 9 nitrogen and oxygen atoms in total. The average Bonchev–Trinajstić information content (AvgIpc) is 2.81. The lowest BCUT2D eigenvalue weighted by Crippen LogP contribution is -2.37. The fourth-order valence-corrected chi connectivity index (χ4v) is 3.47. The van der Waals surface area contributed by atoms with E-state index in [0.29, 0.717) is 11.1 Å². The number of nitrogens with one attached hydrogen (secondary N) is 3. The fraction of sp³-hybridized carbons (Fsp3) is 0.304. The van der Waals surface area contributed by atoms with E-state index in [2.05, 4.69) is 21.2 Å². The molecule has 0 unspecified atom stereocenters. The van der Waals surface area contributed by atoms with E-state index >= 15 is 0 Å². The molecule has 4 N–H and O–H groups in total. The summed E-state index contributed by atoms with van der Waals surface area (Å²) in [5.41, 5.74) is 3.21. The summed E-state index contributed by atoms with van der Waals surface area (Å²) in [4.78, 5) is 37.1. The predicted octanol–water partition coefficient (Wildman–Crippen LogP) is 2.55. The standard InChI is InChI=1S/C23H26N4O5/c1-32-20-13-15(11-12-19(20)28)14-24-27-23(31)22(30)26-18-10-6-5-9-17(18)21(29)25-16-7-3-2-4-8-16/h5-6,9-14,16,28H,2-4,7-8H2,1H3,(H,25,29)(H,26,30)(H,27,31). The number of hydrogen-bond donors (Lipinski definition) is 4. The molecule has 0 atom stereocenters. The van der Waals surface area contributed by atoms with Crippen molar-refractivity contribution in [3.05, 3.63) is 53.6 Å². The third-order valence-electron chi connectivity index (χ3n) is 5.15. The van der Waals surface area contributed by atoms with Gasteiger partial charge in [0, 0.05) is 6.04 Å². The average molecular weight is 438 g/mol. The van der Waals surface area contributed by atoms with Crippen molar-refractivity contribution in [1.82, 2.24) is 10.7 Å². The number of anilines is 1. The number of methoxy groups -OCH3 is 1. The Morgan fingerprint density at radius 2 is 1.81 bits per heavy atom. The van der Waals surface area contributed by atoms with Gasteiger partial charge in [-0.3, -0.25) is 14.4 Å². The van der Waals surface area contributed by atoms with Gasteiger partial charge >= 0.3 is 11.8 Å². The van der Waals surface area contributed by atoms with Crippen LogP contribution in [0.15, 0.2) is 47.6 Å². The molecule has 0 saturated heterocycles. The number of carbonyl (C=O) groups excluding carboxylic acids is 3. The summed E-state index contributed by atoms with van der Waals surface area (Å²) in [5, 5.41) is 18.8. The first-order valence-electron chi connectivity index (χ1n) is 10.4. The van der Waals surface area contributed by atoms with Crippen LogP contribution in [0.3, 0.4) is 0 Å². The van der Waals surface area contributed by atoms with Crippen molar-refractivity contribution in [2.24, 2.45) is 5.10 Å². The highest BCUT2D eigenvalue weighted by Crippen LogP contribution is 2.25. The van der Waals surface area contributed by atoms with Crippen molar-refractivity contribution in [1.29, 1.82) is 0 Å². The molecule has 2 aromatic rings. The van der Waals surface area contributed by atoms with Gasteiger partial charge in [0.2, 0.25) is 0 Å². The summed E-state index contributed by atoms with van der Waals surface area (Å²) in [5.74, 6) is -2.01. The second kappa shape index (κ2) is 10.9. The molecule has 168 valence electrons. The summed E-state index contributed by atoms with van der Waals surface area (Å²) in [6.45, 7) is 0. The van der Waals surface area contributed by atoms with Crippen molar-refractivity contribution in [3.63, 3.8) is 0 Å². The van der Waals surface area contributed by atoms with Gasteiger partial charge in [0.05, 0.1) is 24.6 Å². The monoisotopic (exact) mass is 438 g/mol. The molecule has 0 spiro atoms. The van der Waals surface area contributed by atoms with Crippen molar-refractivity contribution in [3.8, 4) is 11.5 Å². The number of phenols is 1. The summed E-state index contributed by atoms with van der Waals surface area (Å²) >= 11 is 0. The Bertz CT molecular complexity index is 1020. The lowest BCUT2D eigenvalue weighted by atomic mass is 9.95. The molecule has 0 radical (unpaired) electrons. The number of ether oxygens (including phenoxy) is 1. The molecule has 0 heterocycles. The second-order valence-electron chi connectivity index (χ2n) is 7.44. The summed E-state index contributed by atoms with van der Waals surface area (Å²) in [6, 6.07) is 11.2. The Balaban J connectivity index is 1.59. The van der Waals surface area contributed by atoms with Gasteiger partial charge in [-0.05, 0) is 48.7 Å². The van der Waals surface area contributed by atoms with E-state index in [1.165, 1.54) is 31.9 Å². The molecule has 9 heteroatoms. The van der Waals surface area contributed by atoms with Crippen LogP contribution in [-0.4, -0.2) is 42.2 Å². The fourth-order valence-electron chi connectivity index (χ4n) is 3.47. The minimum Gasteiger partial charge on any atom is -0.504 e. The zero-order valence-electron chi connectivity index (χ0n) is 17.8. The lowest BCUT2D eigenvalue weighted by Gasteiger charge is -2.23. The number of para-hydroxylation sites is 1. The number of phenolic OH excluding ortho intramolecular Hbond substituents is 1. The van der Waals surface area contributed by atoms with Crippen LogP contribution in [0.2, 0.25) is 0 Å². The van der Waals surface area contributed by atoms with Crippen LogP contribution in [0.5, 0.6) is 11.5 Å². The van der Waals surface area contributed by atoms with Gasteiger partial charge in [-0.25, -0.2) is 5.43 Å². The molecule has 1 fully saturated rings. The molecule has 1 saturated carbocycles. The maximum atomic E-state index is 12.7. The lowest BCUT2D eigenvalue weighted by molar-refractivity contribution is -0.136. The molecule has 32 heavy (non-hydrogen) atoms. The molecule has 0 aliphatic heterocycles. The zero-order chi connectivity index (χ0) is 22.9. The number of aromatic hydroxyl groups is 1. The second-order valence-corrected chi connectivity index (χ2v) is 7.44. The number of hydrazone groups is 1. The largest absolute Gasteiger partial charge is 0.504 e. The molecular weight excluding hydrogens is 412 g/mol. The molecule has 3 rings (SSSR count). The Morgan fingerprint density at radius 3 is 2.56 bits per heavy atom. The maximum Gasteiger partial charge on any atom is 0.329 e. The highest BCUT2D eigenvalue weighted by atomic mass is 16.5. The molecular formula is C23H26N4O5. The number of carbonyl (C=O) groups is 3. The first-order valence-corrected chi connectivity index (χ1v) is 10.4. The molecule has 1 aliphatic carbocycles. The van der Waals surface area contributed by atoms with E-state index in [4.69, 9.17) is 4.74 Å². The first kappa shape index (κ1) is 22.8. The van der Waals surface area contributed by atoms with E-state index in [9.17, 15) is 19.5 Å². The third-order valence-corrected chi connectivity index (χ3v) is 5.15. The Kier molecular flexibility index (Phi) is 7.80. The van der Waals surface area contributed by atoms with Crippen LogP contribution in [0.1, 0.15) is 48.0 Å². The molecule has 0 bridgehead atoms. The van der Waals surface area contributed by atoms with E-state index in [1.807, 2.05) is 0 Å². The van der Waals surface area contributed by atoms with Crippen molar-refractivity contribution in [2.75, 3.05) is 12.4 Å². The van der Waals surface area contributed by atoms with Crippen molar-refractivity contribution in [2.45, 2.75) is 38.1 Å². The summed E-state index contributed by atoms with van der Waals surface area (Å²) < 4.78 is 5.00. The number of hydrogen-bond acceptors (Lipinski definition) is 6. The minimum absolute atomic E-state index is 0.0285. The van der Waals surface area contributed by atoms with Crippen LogP contribution in [0.4, 0.5) is 5.69 Å². The number of benzene rings is 2. The minimum atomic E-state index is -0.991. The van der Waals surface area contributed by atoms with E-state index in [1.54, 1.807) is 30.3 Å². The normalized spacial score (nSPS) is 14.0. The molecule has 0 aromatic heterocycles. The molecule has 3 amide bonds. The number of nitrogens with zero attached hydrogens (tertiary/aromatic N) is 1. The molecule has 1 aliphatic rings. The van der Waals surface area contributed by atoms with Crippen LogP contribution < -0.4 is 20.8 Å². The smallest absolute Gasteiger partial charge is 0.329 e. The Morgan fingerprint density at radius 1 is 1.06 bits per heavy atom. The zero-order valence-corrected chi connectivity index (χ0v) is 17.8. The van der Waals surface area contributed by atoms with Crippen LogP contribution in [0.25, 0.3) is 0 Å². The van der Waals surface area contributed by atoms with Gasteiger partial charge in [0.25, 0.3) is 5.91 Å². The SMILES string of the molecule is COc1cc(C=NNC(=O)C(=O)Nc2ccccc2C(=O)NC2CCCCC2)ccc1O. The van der Waals surface area contributed by atoms with Crippen molar-refractivity contribution < 1.29 is 24.2 Å². The van der Waals surface area contributed by atoms with Crippen LogP contribution >= 0.6 is 0 Å². The van der Waals surface area contributed by atoms with Crippen LogP contribution in [-0.2, 0) is 9.59 Å². The van der Waals surface area contributed by atoms with Gasteiger partial charge in [-0.1, -0.05) is 31.4 Å². The Labute approximate surface area is 185 Å². The van der Waals surface area contributed by atoms with Gasteiger partial charge in [-0.15, -0.1) is 0 Å². The predicted molar refractivity (Wildman–Crippen MR) is 120 cm³/mol. The van der Waals surface area contributed by atoms with Gasteiger partial charge in [0.15, 0.2) is 11.5 Å². The maximum absolute atomic E-state index is 12.7. The third kappa shape index (κ3) is 6.07. The van der Waals surface area contributed by atoms with Crippen LogP contribution in [0, 0.1) is 0 Å². The quantitative estimate of drug-likeness (QED) is 0.313. The molecule has 2 aromatic carbocycles. The van der Waals surface area contributed by atoms with E-state index < -0.39 is 11.8 Å². The number of rotatable bonds is 6. The Hall–Kier alpha value is -3.88. The van der Waals surface area contributed by atoms with Gasteiger partial charge in [0.1, 0.15) is 0 Å². The highest BCUT2D eigenvalue weighted by Gasteiger charge is 2.20. The summed E-state index contributed by atoms with van der Waals surface area (Å²) in [6.07, 6.45) is 6.53. The number of amides is 3.